The molecule has 0 aliphatic carbocycles. The van der Waals surface area contributed by atoms with E-state index in [4.69, 9.17) is 0 Å². The Balaban J connectivity index is 2.42. The van der Waals surface area contributed by atoms with Crippen LogP contribution in [-0.2, 0) is 0 Å². The minimum Gasteiger partial charge on any atom is -0.367 e. The normalized spacial score (nSPS) is 10.0. The van der Waals surface area contributed by atoms with Crippen molar-refractivity contribution in [2.75, 3.05) is 31.5 Å². The number of amides is 1. The maximum atomic E-state index is 11.4. The lowest BCUT2D eigenvalue weighted by molar-refractivity contribution is 0.0950. The van der Waals surface area contributed by atoms with Crippen LogP contribution in [0.2, 0.25) is 0 Å². The van der Waals surface area contributed by atoms with Crippen LogP contribution in [0.5, 0.6) is 0 Å². The zero-order chi connectivity index (χ0) is 12.5. The third-order valence-corrected chi connectivity index (χ3v) is 2.09. The van der Waals surface area contributed by atoms with Crippen LogP contribution in [0.25, 0.3) is 0 Å². The molecule has 0 aliphatic heterocycles. The number of aromatic nitrogens is 2. The Morgan fingerprint density at radius 1 is 1.18 bits per heavy atom. The topological polar surface area (TPSA) is 78.9 Å². The van der Waals surface area contributed by atoms with Gasteiger partial charge >= 0.3 is 0 Å². The first-order chi connectivity index (χ1) is 8.27. The summed E-state index contributed by atoms with van der Waals surface area (Å²) in [7, 11) is 0. The van der Waals surface area contributed by atoms with E-state index in [0.29, 0.717) is 18.1 Å². The number of anilines is 1. The molecule has 1 heterocycles. The Bertz CT molecular complexity index is 338. The Kier molecular flexibility index (Phi) is 5.95. The van der Waals surface area contributed by atoms with Gasteiger partial charge in [-0.1, -0.05) is 6.92 Å². The molecule has 0 saturated heterocycles. The SMILES string of the molecule is CCNCCNc1ccc(C(=O)NCC)nn1. The summed E-state index contributed by atoms with van der Waals surface area (Å²) in [4.78, 5) is 11.4. The van der Waals surface area contributed by atoms with Crippen LogP contribution in [-0.4, -0.2) is 42.3 Å². The molecule has 94 valence electrons. The summed E-state index contributed by atoms with van der Waals surface area (Å²) in [5.41, 5.74) is 0.337. The standard InChI is InChI=1S/C11H19N5O/c1-3-12-7-8-14-10-6-5-9(15-16-10)11(17)13-4-2/h5-6,12H,3-4,7-8H2,1-2H3,(H,13,17)(H,14,16). The largest absolute Gasteiger partial charge is 0.367 e. The first kappa shape index (κ1) is 13.4. The minimum atomic E-state index is -0.195. The molecule has 0 saturated carbocycles. The molecule has 0 fully saturated rings. The molecule has 0 bridgehead atoms. The third kappa shape index (κ3) is 4.78. The van der Waals surface area contributed by atoms with E-state index in [1.165, 1.54) is 0 Å². The fourth-order valence-corrected chi connectivity index (χ4v) is 1.25. The molecular formula is C11H19N5O. The Morgan fingerprint density at radius 2 is 2.00 bits per heavy atom. The van der Waals surface area contributed by atoms with Gasteiger partial charge in [-0.25, -0.2) is 0 Å². The molecule has 1 aromatic rings. The number of carbonyl (C=O) groups is 1. The zero-order valence-corrected chi connectivity index (χ0v) is 10.3. The maximum Gasteiger partial charge on any atom is 0.271 e. The fraction of sp³-hybridized carbons (Fsp3) is 0.545. The first-order valence-electron chi connectivity index (χ1n) is 5.84. The van der Waals surface area contributed by atoms with Crippen molar-refractivity contribution < 1.29 is 4.79 Å². The van der Waals surface area contributed by atoms with Gasteiger partial charge in [0.05, 0.1) is 0 Å². The van der Waals surface area contributed by atoms with E-state index in [1.54, 1.807) is 12.1 Å². The van der Waals surface area contributed by atoms with E-state index in [9.17, 15) is 4.79 Å². The second-order valence-corrected chi connectivity index (χ2v) is 3.44. The summed E-state index contributed by atoms with van der Waals surface area (Å²) in [5, 5.41) is 16.8. The average Bonchev–Trinajstić information content (AvgIpc) is 2.36. The van der Waals surface area contributed by atoms with Crippen molar-refractivity contribution in [1.82, 2.24) is 20.8 Å². The van der Waals surface area contributed by atoms with E-state index < -0.39 is 0 Å². The second-order valence-electron chi connectivity index (χ2n) is 3.44. The van der Waals surface area contributed by atoms with Gasteiger partial charge in [-0.05, 0) is 25.6 Å². The van der Waals surface area contributed by atoms with Gasteiger partial charge in [0.2, 0.25) is 0 Å². The van der Waals surface area contributed by atoms with Crippen molar-refractivity contribution in [3.05, 3.63) is 17.8 Å². The van der Waals surface area contributed by atoms with Gasteiger partial charge < -0.3 is 16.0 Å². The molecule has 1 rings (SSSR count). The lowest BCUT2D eigenvalue weighted by Gasteiger charge is -2.05. The number of nitrogens with zero attached hydrogens (tertiary/aromatic N) is 2. The molecule has 6 nitrogen and oxygen atoms in total. The van der Waals surface area contributed by atoms with Crippen LogP contribution >= 0.6 is 0 Å². The molecule has 0 spiro atoms. The van der Waals surface area contributed by atoms with E-state index in [0.717, 1.165) is 19.6 Å². The number of likely N-dealkylation sites (N-methyl/N-ethyl adjacent to an activating group) is 1. The molecule has 0 radical (unpaired) electrons. The second kappa shape index (κ2) is 7.56. The third-order valence-electron chi connectivity index (χ3n) is 2.09. The molecule has 0 atom stereocenters. The first-order valence-corrected chi connectivity index (χ1v) is 5.84. The van der Waals surface area contributed by atoms with Gasteiger partial charge in [0, 0.05) is 19.6 Å². The highest BCUT2D eigenvalue weighted by molar-refractivity contribution is 5.92. The molecule has 6 heteroatoms. The van der Waals surface area contributed by atoms with Gasteiger partial charge in [-0.3, -0.25) is 4.79 Å². The maximum absolute atomic E-state index is 11.4. The van der Waals surface area contributed by atoms with Crippen molar-refractivity contribution >= 4 is 11.7 Å². The zero-order valence-electron chi connectivity index (χ0n) is 10.3. The lowest BCUT2D eigenvalue weighted by Crippen LogP contribution is -2.24. The van der Waals surface area contributed by atoms with Crippen molar-refractivity contribution in [3.63, 3.8) is 0 Å². The monoisotopic (exact) mass is 237 g/mol. The smallest absolute Gasteiger partial charge is 0.271 e. The van der Waals surface area contributed by atoms with Crippen LogP contribution in [0, 0.1) is 0 Å². The number of hydrogen-bond donors (Lipinski definition) is 3. The van der Waals surface area contributed by atoms with Crippen LogP contribution in [0.3, 0.4) is 0 Å². The highest BCUT2D eigenvalue weighted by Crippen LogP contribution is 2.01. The molecule has 0 aromatic carbocycles. The number of nitrogens with one attached hydrogen (secondary N) is 3. The number of carbonyl (C=O) groups excluding carboxylic acids is 1. The summed E-state index contributed by atoms with van der Waals surface area (Å²) in [5.74, 6) is 0.482. The van der Waals surface area contributed by atoms with Crippen LogP contribution in [0.1, 0.15) is 24.3 Å². The van der Waals surface area contributed by atoms with Gasteiger partial charge in [-0.2, -0.15) is 0 Å². The van der Waals surface area contributed by atoms with Gasteiger partial charge in [0.25, 0.3) is 5.91 Å². The molecule has 3 N–H and O–H groups in total. The summed E-state index contributed by atoms with van der Waals surface area (Å²) >= 11 is 0. The molecule has 1 aromatic heterocycles. The van der Waals surface area contributed by atoms with Crippen molar-refractivity contribution in [1.29, 1.82) is 0 Å². The van der Waals surface area contributed by atoms with Crippen LogP contribution in [0.4, 0.5) is 5.82 Å². The highest BCUT2D eigenvalue weighted by Gasteiger charge is 2.05. The summed E-state index contributed by atoms with van der Waals surface area (Å²) in [6.07, 6.45) is 0. The number of rotatable bonds is 7. The molecule has 17 heavy (non-hydrogen) atoms. The predicted octanol–water partition coefficient (Wildman–Crippen LogP) is 0.248. The minimum absolute atomic E-state index is 0.195. The van der Waals surface area contributed by atoms with Crippen molar-refractivity contribution in [2.24, 2.45) is 0 Å². The lowest BCUT2D eigenvalue weighted by atomic mass is 10.3. The highest BCUT2D eigenvalue weighted by atomic mass is 16.1. The Labute approximate surface area is 101 Å². The van der Waals surface area contributed by atoms with Crippen LogP contribution < -0.4 is 16.0 Å². The van der Waals surface area contributed by atoms with E-state index in [1.807, 2.05) is 6.92 Å². The fourth-order valence-electron chi connectivity index (χ4n) is 1.25. The van der Waals surface area contributed by atoms with Crippen molar-refractivity contribution in [3.8, 4) is 0 Å². The summed E-state index contributed by atoms with van der Waals surface area (Å²) in [6, 6.07) is 3.41. The van der Waals surface area contributed by atoms with Crippen LogP contribution in [0.15, 0.2) is 12.1 Å². The quantitative estimate of drug-likeness (QED) is 0.592. The predicted molar refractivity (Wildman–Crippen MR) is 67.1 cm³/mol. The van der Waals surface area contributed by atoms with E-state index in [2.05, 4.69) is 33.1 Å². The van der Waals surface area contributed by atoms with Crippen molar-refractivity contribution in [2.45, 2.75) is 13.8 Å². The van der Waals surface area contributed by atoms with E-state index >= 15 is 0 Å². The molecule has 0 unspecified atom stereocenters. The van der Waals surface area contributed by atoms with E-state index in [-0.39, 0.29) is 5.91 Å². The average molecular weight is 237 g/mol. The Hall–Kier alpha value is -1.69. The number of hydrogen-bond acceptors (Lipinski definition) is 5. The van der Waals surface area contributed by atoms with Gasteiger partial charge in [0.15, 0.2) is 5.69 Å². The summed E-state index contributed by atoms with van der Waals surface area (Å²) in [6.45, 7) is 7.11. The molecule has 0 aliphatic rings. The van der Waals surface area contributed by atoms with Gasteiger partial charge in [-0.15, -0.1) is 10.2 Å². The molecular weight excluding hydrogens is 218 g/mol. The van der Waals surface area contributed by atoms with Gasteiger partial charge in [0.1, 0.15) is 5.82 Å². The molecule has 1 amide bonds. The summed E-state index contributed by atoms with van der Waals surface area (Å²) < 4.78 is 0. The Morgan fingerprint density at radius 3 is 2.59 bits per heavy atom.